The molecule has 110 valence electrons. The number of amides is 1. The van der Waals surface area contributed by atoms with E-state index in [1.54, 1.807) is 4.90 Å². The first-order valence-electron chi connectivity index (χ1n) is 7.23. The van der Waals surface area contributed by atoms with Crippen LogP contribution < -0.4 is 0 Å². The van der Waals surface area contributed by atoms with E-state index in [1.807, 2.05) is 18.2 Å². The van der Waals surface area contributed by atoms with Gasteiger partial charge in [-0.3, -0.25) is 4.79 Å². The molecule has 5 heteroatoms. The fourth-order valence-corrected chi connectivity index (χ4v) is 2.86. The lowest BCUT2D eigenvalue weighted by Gasteiger charge is -2.35. The number of aliphatic hydroxyl groups is 1. The lowest BCUT2D eigenvalue weighted by Crippen LogP contribution is -2.47. The maximum absolute atomic E-state index is 12.2. The summed E-state index contributed by atoms with van der Waals surface area (Å²) in [4.78, 5) is 20.6. The van der Waals surface area contributed by atoms with Gasteiger partial charge in [-0.1, -0.05) is 30.3 Å². The Labute approximate surface area is 123 Å². The highest BCUT2D eigenvalue weighted by Crippen LogP contribution is 2.23. The molecule has 1 aliphatic rings. The second-order valence-electron chi connectivity index (χ2n) is 5.52. The number of benzene rings is 1. The standard InChI is InChI=1S/C16H19N3O2/c20-15-10-19(16(21)14-9-17-11-18-14)7-6-13(15)8-12-4-2-1-3-5-12/h1-5,9,11,13,15,20H,6-8,10H2,(H,17,18)/t13-,15-/m1/s1. The van der Waals surface area contributed by atoms with E-state index in [2.05, 4.69) is 22.1 Å². The molecule has 0 unspecified atom stereocenters. The number of nitrogens with zero attached hydrogens (tertiary/aromatic N) is 2. The van der Waals surface area contributed by atoms with E-state index < -0.39 is 6.10 Å². The highest BCUT2D eigenvalue weighted by molar-refractivity contribution is 5.92. The lowest BCUT2D eigenvalue weighted by atomic mass is 9.88. The van der Waals surface area contributed by atoms with Gasteiger partial charge in [0.2, 0.25) is 0 Å². The zero-order valence-electron chi connectivity index (χ0n) is 11.8. The summed E-state index contributed by atoms with van der Waals surface area (Å²) in [7, 11) is 0. The predicted molar refractivity (Wildman–Crippen MR) is 78.8 cm³/mol. The van der Waals surface area contributed by atoms with Crippen LogP contribution in [-0.4, -0.2) is 45.1 Å². The highest BCUT2D eigenvalue weighted by atomic mass is 16.3. The Morgan fingerprint density at radius 2 is 2.19 bits per heavy atom. The molecule has 3 rings (SSSR count). The molecule has 0 aliphatic carbocycles. The van der Waals surface area contributed by atoms with Gasteiger partial charge in [0.25, 0.3) is 5.91 Å². The number of aliphatic hydroxyl groups excluding tert-OH is 1. The third-order valence-electron chi connectivity index (χ3n) is 4.08. The molecule has 0 radical (unpaired) electrons. The van der Waals surface area contributed by atoms with Crippen LogP contribution in [0.25, 0.3) is 0 Å². The molecular formula is C16H19N3O2. The van der Waals surface area contributed by atoms with Crippen molar-refractivity contribution >= 4 is 5.91 Å². The fourth-order valence-electron chi connectivity index (χ4n) is 2.86. The van der Waals surface area contributed by atoms with Crippen molar-refractivity contribution in [2.45, 2.75) is 18.9 Å². The van der Waals surface area contributed by atoms with Crippen molar-refractivity contribution in [3.8, 4) is 0 Å². The number of hydrogen-bond acceptors (Lipinski definition) is 3. The third kappa shape index (κ3) is 3.13. The van der Waals surface area contributed by atoms with Gasteiger partial charge in [0.15, 0.2) is 0 Å². The van der Waals surface area contributed by atoms with Crippen molar-refractivity contribution in [3.63, 3.8) is 0 Å². The Kier molecular flexibility index (Phi) is 4.01. The summed E-state index contributed by atoms with van der Waals surface area (Å²) in [5.41, 5.74) is 1.71. The van der Waals surface area contributed by atoms with Crippen LogP contribution in [0.3, 0.4) is 0 Å². The van der Waals surface area contributed by atoms with Gasteiger partial charge in [0.1, 0.15) is 5.69 Å². The van der Waals surface area contributed by atoms with Crippen molar-refractivity contribution < 1.29 is 9.90 Å². The smallest absolute Gasteiger partial charge is 0.272 e. The normalized spacial score (nSPS) is 22.2. The summed E-state index contributed by atoms with van der Waals surface area (Å²) in [5, 5.41) is 10.3. The summed E-state index contributed by atoms with van der Waals surface area (Å²) in [6, 6.07) is 10.2. The molecule has 1 aliphatic heterocycles. The number of hydrogen-bond donors (Lipinski definition) is 2. The van der Waals surface area contributed by atoms with Crippen molar-refractivity contribution in [3.05, 3.63) is 54.1 Å². The van der Waals surface area contributed by atoms with Crippen LogP contribution in [0.15, 0.2) is 42.9 Å². The number of β-amino-alcohol motifs (C(OH)–C–C–N with tert-alkyl or cyclic N) is 1. The molecule has 1 aromatic heterocycles. The van der Waals surface area contributed by atoms with Gasteiger partial charge < -0.3 is 15.0 Å². The molecule has 21 heavy (non-hydrogen) atoms. The van der Waals surface area contributed by atoms with Crippen molar-refractivity contribution in [2.75, 3.05) is 13.1 Å². The summed E-state index contributed by atoms with van der Waals surface area (Å²) >= 11 is 0. The number of carbonyl (C=O) groups excluding carboxylic acids is 1. The Hall–Kier alpha value is -2.14. The average Bonchev–Trinajstić information content (AvgIpc) is 3.04. The van der Waals surface area contributed by atoms with E-state index in [-0.39, 0.29) is 11.8 Å². The minimum Gasteiger partial charge on any atom is -0.391 e. The number of H-pyrrole nitrogens is 1. The van der Waals surface area contributed by atoms with Crippen LogP contribution in [-0.2, 0) is 6.42 Å². The summed E-state index contributed by atoms with van der Waals surface area (Å²) < 4.78 is 0. The first-order chi connectivity index (χ1) is 10.2. The molecule has 2 heterocycles. The van der Waals surface area contributed by atoms with E-state index in [0.717, 1.165) is 12.8 Å². The highest BCUT2D eigenvalue weighted by Gasteiger charge is 2.30. The SMILES string of the molecule is O=C(c1cnc[nH]1)N1CC[C@H](Cc2ccccc2)[C@H](O)C1. The molecule has 0 saturated carbocycles. The van der Waals surface area contributed by atoms with E-state index in [0.29, 0.717) is 18.8 Å². The number of rotatable bonds is 3. The van der Waals surface area contributed by atoms with Gasteiger partial charge in [-0.15, -0.1) is 0 Å². The molecule has 1 fully saturated rings. The van der Waals surface area contributed by atoms with Crippen molar-refractivity contribution in [2.24, 2.45) is 5.92 Å². The number of nitrogens with one attached hydrogen (secondary N) is 1. The lowest BCUT2D eigenvalue weighted by molar-refractivity contribution is 0.0195. The zero-order chi connectivity index (χ0) is 14.7. The van der Waals surface area contributed by atoms with E-state index in [9.17, 15) is 9.90 Å². The summed E-state index contributed by atoms with van der Waals surface area (Å²) in [6.45, 7) is 1.06. The van der Waals surface area contributed by atoms with Crippen LogP contribution in [0, 0.1) is 5.92 Å². The van der Waals surface area contributed by atoms with Gasteiger partial charge in [-0.25, -0.2) is 4.98 Å². The molecular weight excluding hydrogens is 266 g/mol. The quantitative estimate of drug-likeness (QED) is 0.897. The van der Waals surface area contributed by atoms with Crippen molar-refractivity contribution in [1.29, 1.82) is 0 Å². The van der Waals surface area contributed by atoms with Gasteiger partial charge in [-0.2, -0.15) is 0 Å². The molecule has 2 aromatic rings. The molecule has 5 nitrogen and oxygen atoms in total. The number of aromatic amines is 1. The maximum Gasteiger partial charge on any atom is 0.272 e. The third-order valence-corrected chi connectivity index (χ3v) is 4.08. The Bertz CT molecular complexity index is 583. The van der Waals surface area contributed by atoms with Gasteiger partial charge in [0, 0.05) is 13.1 Å². The van der Waals surface area contributed by atoms with Crippen LogP contribution in [0.4, 0.5) is 0 Å². The molecule has 0 bridgehead atoms. The molecule has 0 spiro atoms. The number of piperidine rings is 1. The summed E-state index contributed by atoms with van der Waals surface area (Å²) in [5.74, 6) is 0.114. The van der Waals surface area contributed by atoms with Crippen LogP contribution >= 0.6 is 0 Å². The van der Waals surface area contributed by atoms with E-state index >= 15 is 0 Å². The fraction of sp³-hybridized carbons (Fsp3) is 0.375. The van der Waals surface area contributed by atoms with Crippen LogP contribution in [0.1, 0.15) is 22.5 Å². The molecule has 1 aromatic carbocycles. The zero-order valence-corrected chi connectivity index (χ0v) is 11.8. The number of aromatic nitrogens is 2. The summed E-state index contributed by atoms with van der Waals surface area (Å²) in [6.07, 6.45) is 4.20. The molecule has 1 saturated heterocycles. The number of likely N-dealkylation sites (tertiary alicyclic amines) is 1. The second kappa shape index (κ2) is 6.10. The van der Waals surface area contributed by atoms with Crippen LogP contribution in [0.2, 0.25) is 0 Å². The van der Waals surface area contributed by atoms with E-state index in [1.165, 1.54) is 18.1 Å². The Balaban J connectivity index is 1.60. The first-order valence-corrected chi connectivity index (χ1v) is 7.23. The topological polar surface area (TPSA) is 69.2 Å². The molecule has 1 amide bonds. The minimum atomic E-state index is -0.481. The predicted octanol–water partition coefficient (Wildman–Crippen LogP) is 1.48. The van der Waals surface area contributed by atoms with Gasteiger partial charge in [-0.05, 0) is 24.3 Å². The maximum atomic E-state index is 12.2. The first kappa shape index (κ1) is 13.8. The minimum absolute atomic E-state index is 0.0929. The number of imidazole rings is 1. The molecule has 2 N–H and O–H groups in total. The molecule has 2 atom stereocenters. The van der Waals surface area contributed by atoms with Crippen molar-refractivity contribution in [1.82, 2.24) is 14.9 Å². The largest absolute Gasteiger partial charge is 0.391 e. The van der Waals surface area contributed by atoms with Gasteiger partial charge >= 0.3 is 0 Å². The van der Waals surface area contributed by atoms with E-state index in [4.69, 9.17) is 0 Å². The Morgan fingerprint density at radius 3 is 2.86 bits per heavy atom. The number of carbonyl (C=O) groups is 1. The monoisotopic (exact) mass is 285 g/mol. The van der Waals surface area contributed by atoms with Crippen LogP contribution in [0.5, 0.6) is 0 Å². The average molecular weight is 285 g/mol. The Morgan fingerprint density at radius 1 is 1.38 bits per heavy atom. The van der Waals surface area contributed by atoms with Gasteiger partial charge in [0.05, 0.1) is 18.6 Å². The second-order valence-corrected chi connectivity index (χ2v) is 5.52.